The van der Waals surface area contributed by atoms with E-state index in [4.69, 9.17) is 14.2 Å². The summed E-state index contributed by atoms with van der Waals surface area (Å²) >= 11 is 0. The van der Waals surface area contributed by atoms with Gasteiger partial charge in [0.15, 0.2) is 11.5 Å². The van der Waals surface area contributed by atoms with E-state index in [-0.39, 0.29) is 5.91 Å². The lowest BCUT2D eigenvalue weighted by molar-refractivity contribution is -0.115. The minimum Gasteiger partial charge on any atom is -0.493 e. The zero-order chi connectivity index (χ0) is 19.9. The van der Waals surface area contributed by atoms with Crippen molar-refractivity contribution in [3.8, 4) is 17.2 Å². The van der Waals surface area contributed by atoms with E-state index in [0.29, 0.717) is 35.9 Å². The molecule has 0 spiro atoms. The molecule has 3 rings (SSSR count). The maximum absolute atomic E-state index is 12.3. The molecule has 1 aromatic heterocycles. The second kappa shape index (κ2) is 8.94. The van der Waals surface area contributed by atoms with Gasteiger partial charge in [-0.15, -0.1) is 0 Å². The van der Waals surface area contributed by atoms with Crippen LogP contribution in [0, 0.1) is 0 Å². The van der Waals surface area contributed by atoms with Crippen molar-refractivity contribution in [2.75, 3.05) is 38.5 Å². The molecule has 1 amide bonds. The van der Waals surface area contributed by atoms with Crippen LogP contribution in [0.2, 0.25) is 0 Å². The number of fused-ring (bicyclic) bond motifs is 1. The number of benzene rings is 2. The van der Waals surface area contributed by atoms with Crippen LogP contribution in [0.1, 0.15) is 6.42 Å². The lowest BCUT2D eigenvalue weighted by Crippen LogP contribution is -2.16. The van der Waals surface area contributed by atoms with E-state index in [1.807, 2.05) is 30.3 Å². The maximum Gasteiger partial charge on any atom is 0.226 e. The van der Waals surface area contributed by atoms with Gasteiger partial charge in [0.25, 0.3) is 0 Å². The molecule has 2 N–H and O–H groups in total. The van der Waals surface area contributed by atoms with Gasteiger partial charge < -0.3 is 24.8 Å². The van der Waals surface area contributed by atoms with Crippen LogP contribution in [-0.4, -0.2) is 38.8 Å². The van der Waals surface area contributed by atoms with Crippen LogP contribution in [0.4, 0.5) is 11.4 Å². The van der Waals surface area contributed by atoms with Crippen LogP contribution < -0.4 is 24.8 Å². The first kappa shape index (κ1) is 19.3. The lowest BCUT2D eigenvalue weighted by atomic mass is 10.2. The summed E-state index contributed by atoms with van der Waals surface area (Å²) in [5, 5.41) is 7.11. The fourth-order valence-electron chi connectivity index (χ4n) is 2.92. The monoisotopic (exact) mass is 381 g/mol. The molecule has 3 aromatic rings. The third-order valence-corrected chi connectivity index (χ3v) is 4.25. The molecule has 7 nitrogen and oxygen atoms in total. The molecular formula is C21H23N3O4. The van der Waals surface area contributed by atoms with Gasteiger partial charge in [0, 0.05) is 42.4 Å². The van der Waals surface area contributed by atoms with Crippen molar-refractivity contribution < 1.29 is 19.0 Å². The Balaban J connectivity index is 1.62. The van der Waals surface area contributed by atoms with Crippen LogP contribution in [0.5, 0.6) is 17.2 Å². The van der Waals surface area contributed by atoms with E-state index >= 15 is 0 Å². The topological polar surface area (TPSA) is 81.7 Å². The van der Waals surface area contributed by atoms with Gasteiger partial charge in [0.1, 0.15) is 0 Å². The molecule has 0 aliphatic carbocycles. The molecule has 0 fully saturated rings. The highest BCUT2D eigenvalue weighted by atomic mass is 16.5. The summed E-state index contributed by atoms with van der Waals surface area (Å²) in [4.78, 5) is 16.7. The van der Waals surface area contributed by atoms with Crippen molar-refractivity contribution in [3.05, 3.63) is 48.7 Å². The zero-order valence-corrected chi connectivity index (χ0v) is 16.1. The van der Waals surface area contributed by atoms with Gasteiger partial charge in [0.05, 0.1) is 32.5 Å². The Bertz CT molecular complexity index is 945. The average molecular weight is 381 g/mol. The summed E-state index contributed by atoms with van der Waals surface area (Å²) in [6.45, 7) is 0.447. The summed E-state index contributed by atoms with van der Waals surface area (Å²) in [6.07, 6.45) is 2.00. The number of aromatic nitrogens is 1. The SMILES string of the molecule is COc1cc(NCCC(=O)Nc2cccc3cccnc23)cc(OC)c1OC. The van der Waals surface area contributed by atoms with Crippen LogP contribution in [0.3, 0.4) is 0 Å². The molecule has 0 aliphatic heterocycles. The Hall–Kier alpha value is -3.48. The largest absolute Gasteiger partial charge is 0.493 e. The Morgan fingerprint density at radius 2 is 1.71 bits per heavy atom. The predicted molar refractivity (Wildman–Crippen MR) is 110 cm³/mol. The third-order valence-electron chi connectivity index (χ3n) is 4.25. The highest BCUT2D eigenvalue weighted by Crippen LogP contribution is 2.39. The lowest BCUT2D eigenvalue weighted by Gasteiger charge is -2.15. The summed E-state index contributed by atoms with van der Waals surface area (Å²) in [5.74, 6) is 1.53. The van der Waals surface area contributed by atoms with Crippen molar-refractivity contribution in [2.24, 2.45) is 0 Å². The highest BCUT2D eigenvalue weighted by Gasteiger charge is 2.13. The molecule has 2 aromatic carbocycles. The second-order valence-corrected chi connectivity index (χ2v) is 6.02. The summed E-state index contributed by atoms with van der Waals surface area (Å²) in [7, 11) is 4.68. The smallest absolute Gasteiger partial charge is 0.226 e. The summed E-state index contributed by atoms with van der Waals surface area (Å²) in [6, 6.07) is 13.1. The van der Waals surface area contributed by atoms with E-state index in [0.717, 1.165) is 16.6 Å². The minimum atomic E-state index is -0.0990. The number of methoxy groups -OCH3 is 3. The zero-order valence-electron chi connectivity index (χ0n) is 16.1. The number of rotatable bonds is 8. The second-order valence-electron chi connectivity index (χ2n) is 6.02. The van der Waals surface area contributed by atoms with Crippen molar-refractivity contribution >= 4 is 28.2 Å². The normalized spacial score (nSPS) is 10.4. The van der Waals surface area contributed by atoms with Crippen LogP contribution in [-0.2, 0) is 4.79 Å². The average Bonchev–Trinajstić information content (AvgIpc) is 2.73. The van der Waals surface area contributed by atoms with Crippen molar-refractivity contribution in [2.45, 2.75) is 6.42 Å². The van der Waals surface area contributed by atoms with Gasteiger partial charge in [-0.05, 0) is 12.1 Å². The molecule has 0 radical (unpaired) electrons. The van der Waals surface area contributed by atoms with Crippen LogP contribution >= 0.6 is 0 Å². The van der Waals surface area contributed by atoms with E-state index in [1.54, 1.807) is 39.7 Å². The number of nitrogens with zero attached hydrogens (tertiary/aromatic N) is 1. The predicted octanol–water partition coefficient (Wildman–Crippen LogP) is 3.70. The standard InChI is InChI=1S/C21H23N3O4/c1-26-17-12-15(13-18(27-2)21(17)28-3)22-11-9-19(25)24-16-8-4-6-14-7-5-10-23-20(14)16/h4-8,10,12-13,22H,9,11H2,1-3H3,(H,24,25). The quantitative estimate of drug-likeness (QED) is 0.619. The molecule has 7 heteroatoms. The maximum atomic E-state index is 12.3. The molecule has 0 unspecified atom stereocenters. The third kappa shape index (κ3) is 4.25. The van der Waals surface area contributed by atoms with Crippen molar-refractivity contribution in [1.29, 1.82) is 0 Å². The minimum absolute atomic E-state index is 0.0990. The molecule has 28 heavy (non-hydrogen) atoms. The molecule has 0 atom stereocenters. The first-order valence-corrected chi connectivity index (χ1v) is 8.83. The van der Waals surface area contributed by atoms with Gasteiger partial charge >= 0.3 is 0 Å². The fraction of sp³-hybridized carbons (Fsp3) is 0.238. The van der Waals surface area contributed by atoms with Gasteiger partial charge in [0.2, 0.25) is 11.7 Å². The van der Waals surface area contributed by atoms with Gasteiger partial charge in [-0.3, -0.25) is 9.78 Å². The number of pyridine rings is 1. The van der Waals surface area contributed by atoms with Gasteiger partial charge in [-0.25, -0.2) is 0 Å². The van der Waals surface area contributed by atoms with Crippen LogP contribution in [0.25, 0.3) is 10.9 Å². The number of ether oxygens (including phenoxy) is 3. The van der Waals surface area contributed by atoms with E-state index < -0.39 is 0 Å². The summed E-state index contributed by atoms with van der Waals surface area (Å²) < 4.78 is 16.0. The molecule has 1 heterocycles. The molecule has 0 saturated carbocycles. The number of hydrogen-bond acceptors (Lipinski definition) is 6. The first-order chi connectivity index (χ1) is 13.7. The fourth-order valence-corrected chi connectivity index (χ4v) is 2.92. The summed E-state index contributed by atoms with van der Waals surface area (Å²) in [5.41, 5.74) is 2.25. The Labute approximate surface area is 163 Å². The van der Waals surface area contributed by atoms with Crippen molar-refractivity contribution in [1.82, 2.24) is 4.98 Å². The number of nitrogens with one attached hydrogen (secondary N) is 2. The molecule has 0 saturated heterocycles. The molecule has 0 bridgehead atoms. The van der Waals surface area contributed by atoms with E-state index in [2.05, 4.69) is 15.6 Å². The van der Waals surface area contributed by atoms with Crippen LogP contribution in [0.15, 0.2) is 48.7 Å². The van der Waals surface area contributed by atoms with Crippen molar-refractivity contribution in [3.63, 3.8) is 0 Å². The first-order valence-electron chi connectivity index (χ1n) is 8.83. The Kier molecular flexibility index (Phi) is 6.16. The Morgan fingerprint density at radius 3 is 2.39 bits per heavy atom. The number of carbonyl (C=O) groups excluding carboxylic acids is 1. The van der Waals surface area contributed by atoms with Gasteiger partial charge in [-0.2, -0.15) is 0 Å². The molecule has 146 valence electrons. The van der Waals surface area contributed by atoms with E-state index in [9.17, 15) is 4.79 Å². The highest BCUT2D eigenvalue weighted by molar-refractivity contribution is 6.00. The number of carbonyl (C=O) groups is 1. The number of anilines is 2. The Morgan fingerprint density at radius 1 is 1.00 bits per heavy atom. The van der Waals surface area contributed by atoms with E-state index in [1.165, 1.54) is 0 Å². The number of hydrogen-bond donors (Lipinski definition) is 2. The number of para-hydroxylation sites is 1. The van der Waals surface area contributed by atoms with Gasteiger partial charge in [-0.1, -0.05) is 18.2 Å². The molecule has 0 aliphatic rings. The number of amides is 1. The molecular weight excluding hydrogens is 358 g/mol.